The number of likely N-dealkylation sites (tertiary alicyclic amines) is 1. The van der Waals surface area contributed by atoms with Crippen LogP contribution in [0.15, 0.2) is 53.0 Å². The number of benzene rings is 1. The molecule has 0 amide bonds. The van der Waals surface area contributed by atoms with Crippen LogP contribution in [0.4, 0.5) is 0 Å². The van der Waals surface area contributed by atoms with Crippen LogP contribution in [0.25, 0.3) is 6.08 Å². The van der Waals surface area contributed by atoms with Crippen LogP contribution in [0, 0.1) is 0 Å². The highest BCUT2D eigenvalue weighted by Crippen LogP contribution is 2.29. The molecule has 5 heteroatoms. The van der Waals surface area contributed by atoms with Crippen molar-refractivity contribution in [2.75, 3.05) is 20.2 Å². The van der Waals surface area contributed by atoms with Crippen LogP contribution in [0.5, 0.6) is 0 Å². The van der Waals surface area contributed by atoms with Crippen LogP contribution < -0.4 is 5.56 Å². The van der Waals surface area contributed by atoms with E-state index >= 15 is 0 Å². The third-order valence-corrected chi connectivity index (χ3v) is 6.14. The Hall–Kier alpha value is -2.66. The molecule has 2 aromatic rings. The molecule has 2 heterocycles. The number of hydrogen-bond acceptors (Lipinski definition) is 4. The molecule has 0 spiro atoms. The van der Waals surface area contributed by atoms with E-state index in [1.807, 2.05) is 12.1 Å². The first kappa shape index (κ1) is 19.6. The monoisotopic (exact) mass is 392 g/mol. The highest BCUT2D eigenvalue weighted by Gasteiger charge is 2.26. The normalized spacial score (nSPS) is 17.6. The second kappa shape index (κ2) is 8.78. The number of rotatable bonds is 5. The summed E-state index contributed by atoms with van der Waals surface area (Å²) >= 11 is 0. The third kappa shape index (κ3) is 4.67. The van der Waals surface area contributed by atoms with E-state index in [0.29, 0.717) is 12.1 Å². The van der Waals surface area contributed by atoms with Crippen LogP contribution in [0.3, 0.4) is 0 Å². The first-order chi connectivity index (χ1) is 14.1. The van der Waals surface area contributed by atoms with Gasteiger partial charge in [-0.2, -0.15) is 0 Å². The number of methoxy groups -OCH3 is 1. The molecule has 29 heavy (non-hydrogen) atoms. The minimum Gasteiger partial charge on any atom is -0.465 e. The molecular weight excluding hydrogens is 364 g/mol. The minimum atomic E-state index is -0.441. The molecule has 0 radical (unpaired) electrons. The van der Waals surface area contributed by atoms with Gasteiger partial charge in [-0.15, -0.1) is 0 Å². The number of aromatic nitrogens is 1. The third-order valence-electron chi connectivity index (χ3n) is 6.14. The van der Waals surface area contributed by atoms with Gasteiger partial charge in [0.15, 0.2) is 0 Å². The summed E-state index contributed by atoms with van der Waals surface area (Å²) < 4.78 is 6.27. The summed E-state index contributed by atoms with van der Waals surface area (Å²) in [6.45, 7) is 2.80. The van der Waals surface area contributed by atoms with Gasteiger partial charge in [0, 0.05) is 31.4 Å². The Balaban J connectivity index is 1.39. The van der Waals surface area contributed by atoms with Gasteiger partial charge in [-0.3, -0.25) is 9.69 Å². The van der Waals surface area contributed by atoms with Gasteiger partial charge in [0.2, 0.25) is 0 Å². The van der Waals surface area contributed by atoms with Gasteiger partial charge in [-0.25, -0.2) is 4.79 Å². The largest absolute Gasteiger partial charge is 0.465 e. The number of esters is 1. The number of pyridine rings is 1. The fraction of sp³-hybridized carbons (Fsp3) is 0.417. The van der Waals surface area contributed by atoms with E-state index in [2.05, 4.69) is 23.1 Å². The van der Waals surface area contributed by atoms with Crippen molar-refractivity contribution in [1.29, 1.82) is 0 Å². The lowest BCUT2D eigenvalue weighted by Gasteiger charge is -2.40. The molecule has 2 aliphatic rings. The number of ether oxygens (including phenoxy) is 1. The van der Waals surface area contributed by atoms with Crippen molar-refractivity contribution in [3.05, 3.63) is 75.2 Å². The highest BCUT2D eigenvalue weighted by molar-refractivity contribution is 5.88. The second-order valence-electron chi connectivity index (χ2n) is 8.04. The highest BCUT2D eigenvalue weighted by atomic mass is 16.5. The van der Waals surface area contributed by atoms with Gasteiger partial charge in [0.1, 0.15) is 0 Å². The summed E-state index contributed by atoms with van der Waals surface area (Å²) in [6.07, 6.45) is 10.3. The Morgan fingerprint density at radius 2 is 1.83 bits per heavy atom. The minimum absolute atomic E-state index is 0.137. The maximum atomic E-state index is 12.1. The quantitative estimate of drug-likeness (QED) is 0.728. The second-order valence-corrected chi connectivity index (χ2v) is 8.04. The number of hydrogen-bond donors (Lipinski definition) is 0. The maximum absolute atomic E-state index is 12.1. The Morgan fingerprint density at radius 3 is 2.45 bits per heavy atom. The molecule has 1 aromatic carbocycles. The zero-order valence-corrected chi connectivity index (χ0v) is 17.0. The molecule has 2 fully saturated rings. The number of carbonyl (C=O) groups excluding carboxylic acids is 1. The van der Waals surface area contributed by atoms with Gasteiger partial charge in [0.05, 0.1) is 19.2 Å². The topological polar surface area (TPSA) is 51.5 Å². The van der Waals surface area contributed by atoms with Gasteiger partial charge in [-0.1, -0.05) is 42.3 Å². The summed E-state index contributed by atoms with van der Waals surface area (Å²) in [6, 6.07) is 12.1. The fourth-order valence-electron chi connectivity index (χ4n) is 4.12. The van der Waals surface area contributed by atoms with Crippen LogP contribution in [-0.2, 0) is 11.3 Å². The standard InChI is InChI=1S/C24H28N2O3/c1-29-24(28)21-9-10-23(27)26(17-21)16-20-7-5-18(6-8-20)15-19-11-13-25(14-12-19)22-3-2-4-22/h5-10,15,17,22H,2-4,11-14,16H2,1H3. The Labute approximate surface area is 171 Å². The predicted octanol–water partition coefficient (Wildman–Crippen LogP) is 3.71. The molecule has 0 N–H and O–H groups in total. The van der Waals surface area contributed by atoms with E-state index < -0.39 is 5.97 Å². The SMILES string of the molecule is COC(=O)c1ccc(=O)n(Cc2ccc(C=C3CCN(C4CCC4)CC3)cc2)c1. The van der Waals surface area contributed by atoms with Crippen molar-refractivity contribution < 1.29 is 9.53 Å². The molecule has 0 unspecified atom stereocenters. The number of piperidine rings is 1. The smallest absolute Gasteiger partial charge is 0.339 e. The summed E-state index contributed by atoms with van der Waals surface area (Å²) in [5.41, 5.74) is 3.99. The number of carbonyl (C=O) groups is 1. The van der Waals surface area contributed by atoms with Gasteiger partial charge in [-0.05, 0) is 42.9 Å². The van der Waals surface area contributed by atoms with Crippen molar-refractivity contribution in [3.63, 3.8) is 0 Å². The molecule has 1 saturated heterocycles. The van der Waals surface area contributed by atoms with Crippen LogP contribution in [0.2, 0.25) is 0 Å². The zero-order valence-electron chi connectivity index (χ0n) is 17.0. The van der Waals surface area contributed by atoms with E-state index in [1.165, 1.54) is 67.3 Å². The van der Waals surface area contributed by atoms with Crippen molar-refractivity contribution in [3.8, 4) is 0 Å². The average molecular weight is 392 g/mol. The average Bonchev–Trinajstić information content (AvgIpc) is 2.70. The van der Waals surface area contributed by atoms with Crippen LogP contribution >= 0.6 is 0 Å². The molecule has 1 aliphatic heterocycles. The lowest BCUT2D eigenvalue weighted by Crippen LogP contribution is -2.43. The molecule has 1 aromatic heterocycles. The molecule has 4 rings (SSSR count). The maximum Gasteiger partial charge on any atom is 0.339 e. The first-order valence-electron chi connectivity index (χ1n) is 10.4. The summed E-state index contributed by atoms with van der Waals surface area (Å²) in [4.78, 5) is 26.5. The molecule has 0 bridgehead atoms. The van der Waals surface area contributed by atoms with E-state index in [1.54, 1.807) is 6.20 Å². The zero-order chi connectivity index (χ0) is 20.2. The molecule has 5 nitrogen and oxygen atoms in total. The van der Waals surface area contributed by atoms with E-state index in [9.17, 15) is 9.59 Å². The van der Waals surface area contributed by atoms with E-state index in [-0.39, 0.29) is 5.56 Å². The summed E-state index contributed by atoms with van der Waals surface area (Å²) in [5, 5.41) is 0. The van der Waals surface area contributed by atoms with Crippen molar-refractivity contribution in [2.45, 2.75) is 44.7 Å². The fourth-order valence-corrected chi connectivity index (χ4v) is 4.12. The summed E-state index contributed by atoms with van der Waals surface area (Å²) in [5.74, 6) is -0.441. The lowest BCUT2D eigenvalue weighted by molar-refractivity contribution is 0.0599. The Morgan fingerprint density at radius 1 is 1.10 bits per heavy atom. The molecule has 1 saturated carbocycles. The van der Waals surface area contributed by atoms with E-state index in [0.717, 1.165) is 24.4 Å². The van der Waals surface area contributed by atoms with Crippen LogP contribution in [0.1, 0.15) is 53.6 Å². The molecular formula is C24H28N2O3. The molecule has 152 valence electrons. The lowest BCUT2D eigenvalue weighted by atomic mass is 9.89. The molecule has 1 aliphatic carbocycles. The van der Waals surface area contributed by atoms with Crippen molar-refractivity contribution in [1.82, 2.24) is 9.47 Å². The first-order valence-corrected chi connectivity index (χ1v) is 10.4. The predicted molar refractivity (Wildman–Crippen MR) is 114 cm³/mol. The number of nitrogens with zero attached hydrogens (tertiary/aromatic N) is 2. The van der Waals surface area contributed by atoms with Crippen LogP contribution in [-0.4, -0.2) is 41.7 Å². The Kier molecular flexibility index (Phi) is 5.95. The van der Waals surface area contributed by atoms with Gasteiger partial charge in [0.25, 0.3) is 5.56 Å². The van der Waals surface area contributed by atoms with Gasteiger partial charge < -0.3 is 9.30 Å². The van der Waals surface area contributed by atoms with Crippen molar-refractivity contribution >= 4 is 12.0 Å². The summed E-state index contributed by atoms with van der Waals surface area (Å²) in [7, 11) is 1.34. The Bertz CT molecular complexity index is 945. The molecule has 0 atom stereocenters. The van der Waals surface area contributed by atoms with E-state index in [4.69, 9.17) is 4.74 Å². The van der Waals surface area contributed by atoms with Gasteiger partial charge >= 0.3 is 5.97 Å². The van der Waals surface area contributed by atoms with Crippen molar-refractivity contribution in [2.24, 2.45) is 0 Å².